The Morgan fingerprint density at radius 1 is 1.30 bits per heavy atom. The van der Waals surface area contributed by atoms with Crippen molar-refractivity contribution in [3.8, 4) is 0 Å². The molecule has 0 saturated carbocycles. The number of amides is 2. The maximum Gasteiger partial charge on any atom is 0.266 e. The van der Waals surface area contributed by atoms with Crippen molar-refractivity contribution in [2.75, 3.05) is 18.5 Å². The maximum absolute atomic E-state index is 12.7. The average Bonchev–Trinajstić information content (AvgIpc) is 3.25. The highest BCUT2D eigenvalue weighted by atomic mass is 32.1. The monoisotopic (exact) mass is 406 g/mol. The standard InChI is InChI=1S/C20H26N2O3S2/c1-20(2,3)12-6-7-13-15(11-12)27-19(16(13)18(25)21-8-9-23)22-17(24)14-5-4-10-26-14/h4-5,10,12,23H,6-9,11H2,1-3H3,(H,21,25)(H,22,24)/t12-/m1/s1. The maximum atomic E-state index is 12.7. The van der Waals surface area contributed by atoms with Crippen LogP contribution in [0.1, 0.15) is 57.7 Å². The number of anilines is 1. The summed E-state index contributed by atoms with van der Waals surface area (Å²) in [6.45, 7) is 6.85. The van der Waals surface area contributed by atoms with Crippen LogP contribution in [0.25, 0.3) is 0 Å². The normalized spacial score (nSPS) is 16.7. The molecule has 0 radical (unpaired) electrons. The first-order valence-electron chi connectivity index (χ1n) is 9.19. The highest BCUT2D eigenvalue weighted by Crippen LogP contribution is 2.44. The zero-order valence-electron chi connectivity index (χ0n) is 15.9. The number of fused-ring (bicyclic) bond motifs is 1. The molecule has 0 saturated heterocycles. The van der Waals surface area contributed by atoms with Crippen LogP contribution in [-0.4, -0.2) is 30.1 Å². The number of hydrogen-bond acceptors (Lipinski definition) is 5. The van der Waals surface area contributed by atoms with E-state index in [1.807, 2.05) is 11.4 Å². The van der Waals surface area contributed by atoms with Gasteiger partial charge in [0.25, 0.3) is 11.8 Å². The average molecular weight is 407 g/mol. The molecule has 0 aliphatic heterocycles. The highest BCUT2D eigenvalue weighted by molar-refractivity contribution is 7.17. The van der Waals surface area contributed by atoms with Crippen molar-refractivity contribution in [2.24, 2.45) is 11.3 Å². The van der Waals surface area contributed by atoms with Crippen molar-refractivity contribution in [2.45, 2.75) is 40.0 Å². The first-order chi connectivity index (χ1) is 12.8. The summed E-state index contributed by atoms with van der Waals surface area (Å²) in [5.74, 6) is 0.141. The van der Waals surface area contributed by atoms with E-state index >= 15 is 0 Å². The van der Waals surface area contributed by atoms with Crippen LogP contribution in [-0.2, 0) is 12.8 Å². The molecule has 5 nitrogen and oxygen atoms in total. The van der Waals surface area contributed by atoms with E-state index in [0.717, 1.165) is 24.8 Å². The third kappa shape index (κ3) is 4.42. The van der Waals surface area contributed by atoms with Gasteiger partial charge in [0.15, 0.2) is 0 Å². The summed E-state index contributed by atoms with van der Waals surface area (Å²) in [7, 11) is 0. The molecule has 1 atom stereocenters. The number of carbonyl (C=O) groups is 2. The Balaban J connectivity index is 1.93. The molecule has 0 aromatic carbocycles. The summed E-state index contributed by atoms with van der Waals surface area (Å²) in [5.41, 5.74) is 1.83. The molecule has 27 heavy (non-hydrogen) atoms. The van der Waals surface area contributed by atoms with Gasteiger partial charge in [-0.05, 0) is 47.6 Å². The second-order valence-electron chi connectivity index (χ2n) is 7.92. The van der Waals surface area contributed by atoms with Gasteiger partial charge in [0.2, 0.25) is 0 Å². The first-order valence-corrected chi connectivity index (χ1v) is 10.9. The molecule has 0 unspecified atom stereocenters. The molecule has 2 aromatic rings. The smallest absolute Gasteiger partial charge is 0.266 e. The molecule has 0 bridgehead atoms. The zero-order chi connectivity index (χ0) is 19.6. The molecule has 1 aliphatic carbocycles. The minimum absolute atomic E-state index is 0.110. The minimum atomic E-state index is -0.225. The molecule has 2 amide bonds. The lowest BCUT2D eigenvalue weighted by atomic mass is 9.72. The molecule has 0 fully saturated rings. The topological polar surface area (TPSA) is 78.4 Å². The van der Waals surface area contributed by atoms with Crippen molar-refractivity contribution >= 4 is 39.5 Å². The van der Waals surface area contributed by atoms with E-state index in [9.17, 15) is 9.59 Å². The number of rotatable bonds is 5. The Morgan fingerprint density at radius 2 is 2.07 bits per heavy atom. The van der Waals surface area contributed by atoms with E-state index in [4.69, 9.17) is 5.11 Å². The van der Waals surface area contributed by atoms with Crippen LogP contribution in [0.5, 0.6) is 0 Å². The summed E-state index contributed by atoms with van der Waals surface area (Å²) in [6, 6.07) is 3.61. The third-order valence-electron chi connectivity index (χ3n) is 5.09. The predicted molar refractivity (Wildman–Crippen MR) is 111 cm³/mol. The molecular formula is C20H26N2O3S2. The molecule has 7 heteroatoms. The van der Waals surface area contributed by atoms with Crippen LogP contribution in [0.15, 0.2) is 17.5 Å². The van der Waals surface area contributed by atoms with Crippen molar-refractivity contribution in [1.29, 1.82) is 0 Å². The summed E-state index contributed by atoms with van der Waals surface area (Å²) < 4.78 is 0. The van der Waals surface area contributed by atoms with Crippen LogP contribution in [0.3, 0.4) is 0 Å². The van der Waals surface area contributed by atoms with E-state index < -0.39 is 0 Å². The lowest BCUT2D eigenvalue weighted by molar-refractivity contribution is 0.0944. The van der Waals surface area contributed by atoms with Crippen LogP contribution in [0.4, 0.5) is 5.00 Å². The number of hydrogen-bond donors (Lipinski definition) is 3. The number of thiophene rings is 2. The van der Waals surface area contributed by atoms with Crippen molar-refractivity contribution < 1.29 is 14.7 Å². The van der Waals surface area contributed by atoms with Gasteiger partial charge >= 0.3 is 0 Å². The third-order valence-corrected chi connectivity index (χ3v) is 7.12. The van der Waals surface area contributed by atoms with Gasteiger partial charge in [0, 0.05) is 11.4 Å². The van der Waals surface area contributed by atoms with Gasteiger partial charge in [0.1, 0.15) is 5.00 Å². The largest absolute Gasteiger partial charge is 0.395 e. The van der Waals surface area contributed by atoms with E-state index in [0.29, 0.717) is 21.4 Å². The molecule has 3 rings (SSSR count). The first kappa shape index (κ1) is 20.0. The van der Waals surface area contributed by atoms with Crippen molar-refractivity contribution in [3.63, 3.8) is 0 Å². The van der Waals surface area contributed by atoms with Crippen LogP contribution < -0.4 is 10.6 Å². The van der Waals surface area contributed by atoms with E-state index in [1.165, 1.54) is 27.6 Å². The SMILES string of the molecule is CC(C)(C)[C@@H]1CCc2c(sc(NC(=O)c3cccs3)c2C(=O)NCCO)C1. The van der Waals surface area contributed by atoms with Gasteiger partial charge in [0.05, 0.1) is 17.0 Å². The Morgan fingerprint density at radius 3 is 2.70 bits per heavy atom. The Bertz CT molecular complexity index is 819. The fraction of sp³-hybridized carbons (Fsp3) is 0.500. The van der Waals surface area contributed by atoms with Gasteiger partial charge in [-0.2, -0.15) is 0 Å². The summed E-state index contributed by atoms with van der Waals surface area (Å²) in [5, 5.41) is 17.2. The number of carbonyl (C=O) groups excluding carboxylic acids is 2. The fourth-order valence-corrected chi connectivity index (χ4v) is 5.42. The van der Waals surface area contributed by atoms with E-state index in [-0.39, 0.29) is 30.4 Å². The highest BCUT2D eigenvalue weighted by Gasteiger charge is 2.34. The second-order valence-corrected chi connectivity index (χ2v) is 9.98. The summed E-state index contributed by atoms with van der Waals surface area (Å²) in [4.78, 5) is 27.1. The van der Waals surface area contributed by atoms with Crippen LogP contribution >= 0.6 is 22.7 Å². The number of nitrogens with one attached hydrogen (secondary N) is 2. The Kier molecular flexibility index (Phi) is 6.03. The fourth-order valence-electron chi connectivity index (χ4n) is 3.48. The molecule has 3 N–H and O–H groups in total. The zero-order valence-corrected chi connectivity index (χ0v) is 17.6. The molecule has 1 aliphatic rings. The predicted octanol–water partition coefficient (Wildman–Crippen LogP) is 3.94. The van der Waals surface area contributed by atoms with Gasteiger partial charge in [-0.15, -0.1) is 22.7 Å². The molecule has 2 heterocycles. The quantitative estimate of drug-likeness (QED) is 0.704. The minimum Gasteiger partial charge on any atom is -0.395 e. The lowest BCUT2D eigenvalue weighted by Crippen LogP contribution is -2.30. The molecule has 2 aromatic heterocycles. The lowest BCUT2D eigenvalue weighted by Gasteiger charge is -2.33. The van der Waals surface area contributed by atoms with Gasteiger partial charge in [-0.1, -0.05) is 26.8 Å². The van der Waals surface area contributed by atoms with Gasteiger partial charge in [-0.3, -0.25) is 9.59 Å². The van der Waals surface area contributed by atoms with Gasteiger partial charge in [-0.25, -0.2) is 0 Å². The second kappa shape index (κ2) is 8.12. The van der Waals surface area contributed by atoms with Crippen LogP contribution in [0.2, 0.25) is 0 Å². The molecule has 0 spiro atoms. The van der Waals surface area contributed by atoms with E-state index in [1.54, 1.807) is 6.07 Å². The molecule has 146 valence electrons. The summed E-state index contributed by atoms with van der Waals surface area (Å²) in [6.07, 6.45) is 2.80. The van der Waals surface area contributed by atoms with Crippen molar-refractivity contribution in [1.82, 2.24) is 5.32 Å². The van der Waals surface area contributed by atoms with E-state index in [2.05, 4.69) is 31.4 Å². The van der Waals surface area contributed by atoms with Crippen LogP contribution in [0, 0.1) is 11.3 Å². The Labute approximate surface area is 167 Å². The number of aliphatic hydroxyl groups excluding tert-OH is 1. The molecular weight excluding hydrogens is 380 g/mol. The Hall–Kier alpha value is -1.70. The van der Waals surface area contributed by atoms with Gasteiger partial charge < -0.3 is 15.7 Å². The van der Waals surface area contributed by atoms with Crippen molar-refractivity contribution in [3.05, 3.63) is 38.4 Å². The number of aliphatic hydroxyl groups is 1. The summed E-state index contributed by atoms with van der Waals surface area (Å²) >= 11 is 2.89.